The Kier molecular flexibility index (Phi) is 3.32. The molecule has 1 rings (SSSR count). The van der Waals surface area contributed by atoms with E-state index in [1.165, 1.54) is 12.8 Å². The van der Waals surface area contributed by atoms with Crippen LogP contribution >= 0.6 is 0 Å². The third-order valence-corrected chi connectivity index (χ3v) is 3.55. The van der Waals surface area contributed by atoms with Crippen molar-refractivity contribution in [2.75, 3.05) is 6.54 Å². The largest absolute Gasteiger partial charge is 0.310 e. The lowest BCUT2D eigenvalue weighted by Gasteiger charge is -2.38. The van der Waals surface area contributed by atoms with Gasteiger partial charge in [-0.05, 0) is 31.2 Å². The molecule has 0 aromatic rings. The summed E-state index contributed by atoms with van der Waals surface area (Å²) in [5.74, 6) is 1.03. The van der Waals surface area contributed by atoms with Crippen LogP contribution in [0.5, 0.6) is 0 Å². The van der Waals surface area contributed by atoms with Crippen molar-refractivity contribution >= 4 is 0 Å². The van der Waals surface area contributed by atoms with Gasteiger partial charge < -0.3 is 5.32 Å². The van der Waals surface area contributed by atoms with Gasteiger partial charge in [-0.1, -0.05) is 26.0 Å². The minimum absolute atomic E-state index is 0.226. The Bertz CT molecular complexity index is 173. The maximum atomic E-state index is 3.89. The van der Waals surface area contributed by atoms with Crippen LogP contribution in [-0.2, 0) is 0 Å². The summed E-state index contributed by atoms with van der Waals surface area (Å²) in [4.78, 5) is 0. The standard InChI is InChI=1S/C12H21N/c1-5-10(3)12(11(4)6-2)8-7-9-13-12/h5-6,10-11,13H,1-2,7-9H2,3-4H3/t10-,11-/m0/s1. The van der Waals surface area contributed by atoms with Crippen LogP contribution in [0.25, 0.3) is 0 Å². The van der Waals surface area contributed by atoms with Gasteiger partial charge in [0, 0.05) is 5.54 Å². The van der Waals surface area contributed by atoms with E-state index in [9.17, 15) is 0 Å². The zero-order valence-electron chi connectivity index (χ0n) is 8.84. The van der Waals surface area contributed by atoms with E-state index >= 15 is 0 Å². The molecule has 0 aromatic carbocycles. The summed E-state index contributed by atoms with van der Waals surface area (Å²) in [7, 11) is 0. The summed E-state index contributed by atoms with van der Waals surface area (Å²) in [6.07, 6.45) is 6.63. The predicted octanol–water partition coefficient (Wildman–Crippen LogP) is 2.75. The highest BCUT2D eigenvalue weighted by Gasteiger charge is 2.40. The highest BCUT2D eigenvalue weighted by atomic mass is 15.0. The maximum Gasteiger partial charge on any atom is 0.0301 e. The Hall–Kier alpha value is -0.560. The fourth-order valence-corrected chi connectivity index (χ4v) is 2.40. The topological polar surface area (TPSA) is 12.0 Å². The molecule has 1 N–H and O–H groups in total. The molecule has 0 amide bonds. The van der Waals surface area contributed by atoms with E-state index in [4.69, 9.17) is 0 Å². The molecular formula is C12H21N. The minimum Gasteiger partial charge on any atom is -0.310 e. The molecule has 0 bridgehead atoms. The van der Waals surface area contributed by atoms with Crippen LogP contribution in [0.15, 0.2) is 25.3 Å². The van der Waals surface area contributed by atoms with Gasteiger partial charge >= 0.3 is 0 Å². The van der Waals surface area contributed by atoms with E-state index in [1.807, 2.05) is 0 Å². The maximum absolute atomic E-state index is 3.89. The van der Waals surface area contributed by atoms with Gasteiger partial charge in [0.1, 0.15) is 0 Å². The van der Waals surface area contributed by atoms with Gasteiger partial charge in [-0.3, -0.25) is 0 Å². The molecule has 74 valence electrons. The van der Waals surface area contributed by atoms with E-state index in [-0.39, 0.29) is 5.54 Å². The average molecular weight is 179 g/mol. The third kappa shape index (κ3) is 1.71. The summed E-state index contributed by atoms with van der Waals surface area (Å²) < 4.78 is 0. The lowest BCUT2D eigenvalue weighted by atomic mass is 9.74. The molecule has 1 heterocycles. The van der Waals surface area contributed by atoms with Crippen molar-refractivity contribution in [2.24, 2.45) is 11.8 Å². The van der Waals surface area contributed by atoms with Crippen molar-refractivity contribution in [1.29, 1.82) is 0 Å². The lowest BCUT2D eigenvalue weighted by molar-refractivity contribution is 0.233. The second-order valence-corrected chi connectivity index (χ2v) is 4.12. The molecule has 1 aliphatic heterocycles. The second kappa shape index (κ2) is 4.10. The summed E-state index contributed by atoms with van der Waals surface area (Å²) in [5, 5.41) is 3.63. The Morgan fingerprint density at radius 3 is 2.08 bits per heavy atom. The number of hydrogen-bond acceptors (Lipinski definition) is 1. The first-order valence-corrected chi connectivity index (χ1v) is 5.17. The average Bonchev–Trinajstić information content (AvgIpc) is 2.65. The van der Waals surface area contributed by atoms with Gasteiger partial charge in [-0.2, -0.15) is 0 Å². The highest BCUT2D eigenvalue weighted by molar-refractivity contribution is 5.09. The monoisotopic (exact) mass is 179 g/mol. The fraction of sp³-hybridized carbons (Fsp3) is 0.667. The summed E-state index contributed by atoms with van der Waals surface area (Å²) in [5.41, 5.74) is 0.226. The predicted molar refractivity (Wildman–Crippen MR) is 58.7 cm³/mol. The second-order valence-electron chi connectivity index (χ2n) is 4.12. The van der Waals surface area contributed by atoms with Gasteiger partial charge in [0.15, 0.2) is 0 Å². The normalized spacial score (nSPS) is 25.1. The van der Waals surface area contributed by atoms with Gasteiger partial charge in [-0.15, -0.1) is 13.2 Å². The van der Waals surface area contributed by atoms with Crippen LogP contribution in [0.3, 0.4) is 0 Å². The van der Waals surface area contributed by atoms with Gasteiger partial charge in [0.25, 0.3) is 0 Å². The molecule has 2 atom stereocenters. The third-order valence-electron chi connectivity index (χ3n) is 3.55. The van der Waals surface area contributed by atoms with Crippen molar-refractivity contribution in [3.8, 4) is 0 Å². The van der Waals surface area contributed by atoms with Crippen LogP contribution in [0.2, 0.25) is 0 Å². The molecule has 1 fully saturated rings. The van der Waals surface area contributed by atoms with Crippen molar-refractivity contribution in [2.45, 2.75) is 32.2 Å². The Morgan fingerprint density at radius 2 is 1.77 bits per heavy atom. The summed E-state index contributed by atoms with van der Waals surface area (Å²) >= 11 is 0. The first kappa shape index (κ1) is 10.5. The molecule has 1 aliphatic rings. The lowest BCUT2D eigenvalue weighted by Crippen LogP contribution is -2.49. The fourth-order valence-electron chi connectivity index (χ4n) is 2.40. The van der Waals surface area contributed by atoms with Crippen molar-refractivity contribution in [1.82, 2.24) is 5.32 Å². The molecule has 0 radical (unpaired) electrons. The van der Waals surface area contributed by atoms with Crippen LogP contribution < -0.4 is 5.32 Å². The van der Waals surface area contributed by atoms with Gasteiger partial charge in [-0.25, -0.2) is 0 Å². The zero-order chi connectivity index (χ0) is 9.90. The van der Waals surface area contributed by atoms with Gasteiger partial charge in [0.05, 0.1) is 0 Å². The van der Waals surface area contributed by atoms with Crippen LogP contribution in [0.1, 0.15) is 26.7 Å². The summed E-state index contributed by atoms with van der Waals surface area (Å²) in [6, 6.07) is 0. The van der Waals surface area contributed by atoms with Crippen LogP contribution in [0.4, 0.5) is 0 Å². The zero-order valence-corrected chi connectivity index (χ0v) is 8.84. The molecule has 1 heteroatoms. The van der Waals surface area contributed by atoms with E-state index in [1.54, 1.807) is 0 Å². The molecule has 0 unspecified atom stereocenters. The molecular weight excluding hydrogens is 158 g/mol. The first-order chi connectivity index (χ1) is 6.17. The summed E-state index contributed by atoms with van der Waals surface area (Å²) in [6.45, 7) is 13.4. The Morgan fingerprint density at radius 1 is 1.23 bits per heavy atom. The molecule has 0 spiro atoms. The minimum atomic E-state index is 0.226. The SMILES string of the molecule is C=C[C@H](C)C1([C@@H](C)C=C)CCCN1. The molecule has 1 saturated heterocycles. The smallest absolute Gasteiger partial charge is 0.0301 e. The number of hydrogen-bond donors (Lipinski definition) is 1. The van der Waals surface area contributed by atoms with Crippen LogP contribution in [0, 0.1) is 11.8 Å². The quantitative estimate of drug-likeness (QED) is 0.654. The highest BCUT2D eigenvalue weighted by Crippen LogP contribution is 2.35. The van der Waals surface area contributed by atoms with E-state index in [0.717, 1.165) is 6.54 Å². The first-order valence-electron chi connectivity index (χ1n) is 5.17. The molecule has 0 aliphatic carbocycles. The van der Waals surface area contributed by atoms with Crippen LogP contribution in [-0.4, -0.2) is 12.1 Å². The molecule has 1 nitrogen and oxygen atoms in total. The molecule has 13 heavy (non-hydrogen) atoms. The molecule has 0 saturated carbocycles. The Balaban J connectivity index is 2.85. The van der Waals surface area contributed by atoms with Crippen molar-refractivity contribution in [3.63, 3.8) is 0 Å². The Labute approximate surface area is 81.9 Å². The van der Waals surface area contributed by atoms with E-state index in [2.05, 4.69) is 44.5 Å². The van der Waals surface area contributed by atoms with Gasteiger partial charge in [0.2, 0.25) is 0 Å². The van der Waals surface area contributed by atoms with Crippen molar-refractivity contribution in [3.05, 3.63) is 25.3 Å². The number of nitrogens with one attached hydrogen (secondary N) is 1. The van der Waals surface area contributed by atoms with E-state index < -0.39 is 0 Å². The molecule has 0 aromatic heterocycles. The van der Waals surface area contributed by atoms with Crippen molar-refractivity contribution < 1.29 is 0 Å². The van der Waals surface area contributed by atoms with E-state index in [0.29, 0.717) is 11.8 Å². The number of rotatable bonds is 4.